The molecule has 2 saturated heterocycles. The van der Waals surface area contributed by atoms with E-state index in [0.717, 1.165) is 16.0 Å². The zero-order chi connectivity index (χ0) is 41.6. The average molecular weight is 825 g/mol. The first kappa shape index (κ1) is 42.0. The standard InChI is InChI=1S/C42H44N6O10S/c49-37-35(22-13-23-43-39(44-40(51)57-29-32-16-7-2-8-17-32)45-41(52)58-30-33-18-9-3-10-19-33)36(38(50)56-28-31-14-5-1-6-15-31)48(37)42(53)46-24-26-47(27-25-46)59(54,55)34-20-11-4-12-21-34/h1-12,14-21,35-36H,13,22-30H2,(H2,43,44,45,51,52)/t35-,36?/m1/s1. The summed E-state index contributed by atoms with van der Waals surface area (Å²) in [5, 5.41) is 4.83. The number of alkyl carbamates (subject to hydrolysis) is 2. The predicted molar refractivity (Wildman–Crippen MR) is 214 cm³/mol. The van der Waals surface area contributed by atoms with Gasteiger partial charge in [-0.15, -0.1) is 0 Å². The van der Waals surface area contributed by atoms with Crippen LogP contribution in [-0.2, 0) is 53.6 Å². The molecule has 2 atom stereocenters. The highest BCUT2D eigenvalue weighted by Crippen LogP contribution is 2.33. The number of sulfonamides is 1. The summed E-state index contributed by atoms with van der Waals surface area (Å²) >= 11 is 0. The first-order chi connectivity index (χ1) is 28.6. The summed E-state index contributed by atoms with van der Waals surface area (Å²) in [6.45, 7) is -0.174. The molecule has 1 unspecified atom stereocenters. The Morgan fingerprint density at radius 1 is 0.644 bits per heavy atom. The molecule has 6 rings (SSSR count). The van der Waals surface area contributed by atoms with Crippen LogP contribution >= 0.6 is 0 Å². The minimum atomic E-state index is -3.79. The number of ether oxygens (including phenoxy) is 3. The number of aliphatic imine (C=N–C) groups is 1. The molecule has 4 aromatic carbocycles. The van der Waals surface area contributed by atoms with Gasteiger partial charge in [-0.05, 0) is 41.7 Å². The van der Waals surface area contributed by atoms with Gasteiger partial charge in [-0.1, -0.05) is 109 Å². The van der Waals surface area contributed by atoms with E-state index < -0.39 is 52.1 Å². The summed E-state index contributed by atoms with van der Waals surface area (Å²) in [7, 11) is -3.79. The van der Waals surface area contributed by atoms with Crippen LogP contribution in [-0.4, -0.2) is 97.3 Å². The van der Waals surface area contributed by atoms with Gasteiger partial charge in [-0.3, -0.25) is 20.4 Å². The molecule has 0 saturated carbocycles. The number of nitrogens with zero attached hydrogens (tertiary/aromatic N) is 4. The fourth-order valence-electron chi connectivity index (χ4n) is 6.46. The molecule has 2 heterocycles. The van der Waals surface area contributed by atoms with Crippen molar-refractivity contribution >= 4 is 46.1 Å². The molecule has 0 aromatic heterocycles. The molecular weight excluding hydrogens is 781 g/mol. The maximum atomic E-state index is 13.8. The number of carbonyl (C=O) groups is 5. The topological polar surface area (TPSA) is 193 Å². The second kappa shape index (κ2) is 20.2. The number of rotatable bonds is 13. The number of amides is 5. The number of hydrogen-bond acceptors (Lipinski definition) is 11. The molecule has 2 N–H and O–H groups in total. The lowest BCUT2D eigenvalue weighted by molar-refractivity contribution is -0.171. The van der Waals surface area contributed by atoms with Crippen LogP contribution < -0.4 is 10.6 Å². The zero-order valence-corrected chi connectivity index (χ0v) is 32.9. The number of benzene rings is 4. The van der Waals surface area contributed by atoms with Crippen LogP contribution in [0.1, 0.15) is 29.5 Å². The Kier molecular flexibility index (Phi) is 14.4. The molecule has 0 spiro atoms. The van der Waals surface area contributed by atoms with Crippen molar-refractivity contribution in [1.82, 2.24) is 24.7 Å². The molecule has 0 aliphatic carbocycles. The summed E-state index contributed by atoms with van der Waals surface area (Å²) < 4.78 is 43.8. The molecule has 5 amide bonds. The van der Waals surface area contributed by atoms with Gasteiger partial charge in [0, 0.05) is 32.7 Å². The minimum Gasteiger partial charge on any atom is -0.459 e. The highest BCUT2D eigenvalue weighted by atomic mass is 32.2. The number of esters is 1. The molecule has 308 valence electrons. The zero-order valence-electron chi connectivity index (χ0n) is 32.1. The van der Waals surface area contributed by atoms with Crippen LogP contribution in [0.2, 0.25) is 0 Å². The lowest BCUT2D eigenvalue weighted by Gasteiger charge is -2.46. The molecule has 17 heteroatoms. The minimum absolute atomic E-state index is 0.000445. The summed E-state index contributed by atoms with van der Waals surface area (Å²) in [6, 6.07) is 32.9. The summed E-state index contributed by atoms with van der Waals surface area (Å²) in [6.07, 6.45) is -1.48. The predicted octanol–water partition coefficient (Wildman–Crippen LogP) is 4.67. The lowest BCUT2D eigenvalue weighted by atomic mass is 9.83. The molecule has 4 aromatic rings. The fraction of sp³-hybridized carbons (Fsp3) is 0.286. The van der Waals surface area contributed by atoms with Crippen LogP contribution in [0.25, 0.3) is 0 Å². The van der Waals surface area contributed by atoms with Crippen molar-refractivity contribution in [2.24, 2.45) is 10.9 Å². The van der Waals surface area contributed by atoms with Crippen LogP contribution in [0.5, 0.6) is 0 Å². The van der Waals surface area contributed by atoms with Crippen LogP contribution in [0, 0.1) is 5.92 Å². The van der Waals surface area contributed by atoms with Crippen LogP contribution in [0.4, 0.5) is 14.4 Å². The Hall–Kier alpha value is -6.59. The Bertz CT molecular complexity index is 2150. The van der Waals surface area contributed by atoms with E-state index in [2.05, 4.69) is 15.6 Å². The van der Waals surface area contributed by atoms with Crippen molar-refractivity contribution in [3.8, 4) is 0 Å². The largest absolute Gasteiger partial charge is 0.459 e. The SMILES string of the molecule is O=C(NC(=NCCC[C@H]1C(=O)N(C(=O)N2CCN(S(=O)(=O)c3ccccc3)CC2)C1C(=O)OCc1ccccc1)NC(=O)OCc1ccccc1)OCc1ccccc1. The van der Waals surface area contributed by atoms with Crippen molar-refractivity contribution in [2.75, 3.05) is 32.7 Å². The van der Waals surface area contributed by atoms with E-state index in [4.69, 9.17) is 14.2 Å². The van der Waals surface area contributed by atoms with E-state index in [9.17, 15) is 32.4 Å². The summed E-state index contributed by atoms with van der Waals surface area (Å²) in [5.74, 6) is -2.56. The molecular formula is C42H44N6O10S. The van der Waals surface area contributed by atoms with Crippen molar-refractivity contribution in [2.45, 2.75) is 43.6 Å². The van der Waals surface area contributed by atoms with Crippen LogP contribution in [0.15, 0.2) is 131 Å². The van der Waals surface area contributed by atoms with Gasteiger partial charge in [-0.2, -0.15) is 4.31 Å². The fourth-order valence-corrected chi connectivity index (χ4v) is 7.91. The van der Waals surface area contributed by atoms with Gasteiger partial charge >= 0.3 is 24.2 Å². The van der Waals surface area contributed by atoms with E-state index in [-0.39, 0.29) is 76.2 Å². The number of guanidine groups is 1. The van der Waals surface area contributed by atoms with Crippen molar-refractivity contribution < 1.29 is 46.6 Å². The third kappa shape index (κ3) is 11.3. The first-order valence-corrected chi connectivity index (χ1v) is 20.4. The number of likely N-dealkylation sites (tertiary alicyclic amines) is 1. The number of hydrogen-bond donors (Lipinski definition) is 2. The van der Waals surface area contributed by atoms with Gasteiger partial charge < -0.3 is 19.1 Å². The number of nitrogens with one attached hydrogen (secondary N) is 2. The normalized spacial score (nSPS) is 16.6. The maximum Gasteiger partial charge on any atom is 0.414 e. The first-order valence-electron chi connectivity index (χ1n) is 19.0. The van der Waals surface area contributed by atoms with Gasteiger partial charge in [0.05, 0.1) is 10.8 Å². The Morgan fingerprint density at radius 3 is 1.59 bits per heavy atom. The number of imide groups is 1. The maximum absolute atomic E-state index is 13.8. The van der Waals surface area contributed by atoms with Gasteiger partial charge in [0.15, 0.2) is 6.04 Å². The second-order valence-electron chi connectivity index (χ2n) is 13.6. The molecule has 2 fully saturated rings. The van der Waals surface area contributed by atoms with Gasteiger partial charge in [0.25, 0.3) is 0 Å². The van der Waals surface area contributed by atoms with E-state index in [0.29, 0.717) is 5.56 Å². The van der Waals surface area contributed by atoms with Crippen molar-refractivity contribution in [3.63, 3.8) is 0 Å². The molecule has 16 nitrogen and oxygen atoms in total. The molecule has 0 bridgehead atoms. The average Bonchev–Trinajstić information content (AvgIpc) is 3.27. The molecule has 0 radical (unpaired) electrons. The van der Waals surface area contributed by atoms with Crippen molar-refractivity contribution in [3.05, 3.63) is 138 Å². The van der Waals surface area contributed by atoms with Gasteiger partial charge in [-0.25, -0.2) is 32.5 Å². The smallest absolute Gasteiger partial charge is 0.414 e. The Labute approximate surface area is 341 Å². The molecule has 2 aliphatic rings. The molecule has 2 aliphatic heterocycles. The summed E-state index contributed by atoms with van der Waals surface area (Å²) in [4.78, 5) is 73.1. The van der Waals surface area contributed by atoms with E-state index in [1.54, 1.807) is 91.0 Å². The van der Waals surface area contributed by atoms with Crippen molar-refractivity contribution in [1.29, 1.82) is 0 Å². The van der Waals surface area contributed by atoms with Gasteiger partial charge in [0.2, 0.25) is 21.9 Å². The Morgan fingerprint density at radius 2 is 1.10 bits per heavy atom. The molecule has 59 heavy (non-hydrogen) atoms. The Balaban J connectivity index is 1.09. The summed E-state index contributed by atoms with van der Waals surface area (Å²) in [5.41, 5.74) is 2.19. The third-order valence-corrected chi connectivity index (χ3v) is 11.5. The number of carbonyl (C=O) groups excluding carboxylic acids is 5. The highest BCUT2D eigenvalue weighted by molar-refractivity contribution is 7.89. The monoisotopic (exact) mass is 824 g/mol. The van der Waals surface area contributed by atoms with E-state index in [1.165, 1.54) is 21.3 Å². The number of piperazine rings is 1. The highest BCUT2D eigenvalue weighted by Gasteiger charge is 2.56. The van der Waals surface area contributed by atoms with E-state index >= 15 is 0 Å². The third-order valence-electron chi connectivity index (χ3n) is 9.59. The quantitative estimate of drug-likeness (QED) is 0.0478. The lowest BCUT2D eigenvalue weighted by Crippen LogP contribution is -2.69. The van der Waals surface area contributed by atoms with Gasteiger partial charge in [0.1, 0.15) is 19.8 Å². The van der Waals surface area contributed by atoms with Crippen LogP contribution in [0.3, 0.4) is 0 Å². The second-order valence-corrected chi connectivity index (χ2v) is 15.5. The number of β-lactam (4-membered cyclic amide) rings is 1. The van der Waals surface area contributed by atoms with E-state index in [1.807, 2.05) is 18.2 Å². The number of urea groups is 1.